The van der Waals surface area contributed by atoms with Gasteiger partial charge in [-0.15, -0.1) is 0 Å². The number of ether oxygens (including phenoxy) is 1. The zero-order chi connectivity index (χ0) is 25.1. The fourth-order valence-electron chi connectivity index (χ4n) is 3.59. The molecule has 4 nitrogen and oxygen atoms in total. The third kappa shape index (κ3) is 7.07. The van der Waals surface area contributed by atoms with Gasteiger partial charge in [0.15, 0.2) is 0 Å². The van der Waals surface area contributed by atoms with Crippen molar-refractivity contribution in [3.05, 3.63) is 64.4 Å². The molecule has 1 amide bonds. The predicted molar refractivity (Wildman–Crippen MR) is 111 cm³/mol. The van der Waals surface area contributed by atoms with Gasteiger partial charge < -0.3 is 10.1 Å². The molecule has 1 N–H and O–H groups in total. The normalized spacial score (nSPS) is 18.5. The molecule has 0 saturated carbocycles. The first kappa shape index (κ1) is 26.2. The van der Waals surface area contributed by atoms with Crippen molar-refractivity contribution in [2.24, 2.45) is 5.92 Å². The van der Waals surface area contributed by atoms with E-state index in [0.717, 1.165) is 24.3 Å². The maximum absolute atomic E-state index is 13.7. The summed E-state index contributed by atoms with van der Waals surface area (Å²) >= 11 is 5.55. The maximum Gasteiger partial charge on any atom is 0.416 e. The van der Waals surface area contributed by atoms with Gasteiger partial charge in [0.1, 0.15) is 5.82 Å². The molecular formula is C22H20ClF7N2O2. The molecular weight excluding hydrogens is 493 g/mol. The molecule has 1 aliphatic heterocycles. The summed E-state index contributed by atoms with van der Waals surface area (Å²) in [7, 11) is 0. The SMILES string of the molecule is O=C(CC(CN1CCO[C@@H](c2cccc(C(F)(F)F)c2)C1)C(F)(F)F)Nc1ccc(Cl)c(F)c1. The average Bonchev–Trinajstić information content (AvgIpc) is 2.75. The number of amides is 1. The smallest absolute Gasteiger partial charge is 0.371 e. The third-order valence-electron chi connectivity index (χ3n) is 5.31. The van der Waals surface area contributed by atoms with Crippen LogP contribution in [0.1, 0.15) is 23.7 Å². The number of benzene rings is 2. The van der Waals surface area contributed by atoms with Gasteiger partial charge in [-0.1, -0.05) is 23.7 Å². The third-order valence-corrected chi connectivity index (χ3v) is 5.62. The lowest BCUT2D eigenvalue weighted by molar-refractivity contribution is -0.185. The van der Waals surface area contributed by atoms with Crippen LogP contribution in [0.25, 0.3) is 0 Å². The van der Waals surface area contributed by atoms with E-state index >= 15 is 0 Å². The molecule has 186 valence electrons. The number of carbonyl (C=O) groups is 1. The second-order valence-electron chi connectivity index (χ2n) is 7.86. The summed E-state index contributed by atoms with van der Waals surface area (Å²) in [6, 6.07) is 7.75. The quantitative estimate of drug-likeness (QED) is 0.477. The zero-order valence-corrected chi connectivity index (χ0v) is 18.3. The number of hydrogen-bond acceptors (Lipinski definition) is 3. The predicted octanol–water partition coefficient (Wildman–Crippen LogP) is 6.08. The topological polar surface area (TPSA) is 41.6 Å². The fraction of sp³-hybridized carbons (Fsp3) is 0.409. The lowest BCUT2D eigenvalue weighted by Gasteiger charge is -2.35. The highest BCUT2D eigenvalue weighted by atomic mass is 35.5. The highest BCUT2D eigenvalue weighted by molar-refractivity contribution is 6.30. The Hall–Kier alpha value is -2.37. The van der Waals surface area contributed by atoms with Crippen LogP contribution in [0.3, 0.4) is 0 Å². The second-order valence-corrected chi connectivity index (χ2v) is 8.27. The Kier molecular flexibility index (Phi) is 8.10. The van der Waals surface area contributed by atoms with Crippen LogP contribution in [0.4, 0.5) is 36.4 Å². The molecule has 1 aliphatic rings. The highest BCUT2D eigenvalue weighted by Crippen LogP contribution is 2.34. The molecule has 1 fully saturated rings. The van der Waals surface area contributed by atoms with E-state index in [2.05, 4.69) is 5.32 Å². The molecule has 2 aromatic carbocycles. The minimum Gasteiger partial charge on any atom is -0.371 e. The van der Waals surface area contributed by atoms with Crippen molar-refractivity contribution in [3.8, 4) is 0 Å². The van der Waals surface area contributed by atoms with Crippen molar-refractivity contribution in [2.45, 2.75) is 24.9 Å². The molecule has 0 bridgehead atoms. The largest absolute Gasteiger partial charge is 0.416 e. The summed E-state index contributed by atoms with van der Waals surface area (Å²) in [6.07, 6.45) is -11.0. The van der Waals surface area contributed by atoms with Crippen molar-refractivity contribution in [1.29, 1.82) is 0 Å². The Morgan fingerprint density at radius 2 is 1.88 bits per heavy atom. The number of halogens is 8. The summed E-state index contributed by atoms with van der Waals surface area (Å²) in [4.78, 5) is 13.6. The minimum atomic E-state index is -4.72. The molecule has 1 saturated heterocycles. The first-order chi connectivity index (χ1) is 15.8. The van der Waals surface area contributed by atoms with Gasteiger partial charge in [-0.3, -0.25) is 9.69 Å². The number of nitrogens with one attached hydrogen (secondary N) is 1. The van der Waals surface area contributed by atoms with Gasteiger partial charge in [-0.05, 0) is 35.9 Å². The lowest BCUT2D eigenvalue weighted by Crippen LogP contribution is -2.44. The summed E-state index contributed by atoms with van der Waals surface area (Å²) in [5, 5.41) is 2.02. The Morgan fingerprint density at radius 3 is 2.53 bits per heavy atom. The van der Waals surface area contributed by atoms with E-state index in [-0.39, 0.29) is 36.0 Å². The number of morpholine rings is 1. The summed E-state index contributed by atoms with van der Waals surface area (Å²) in [5.41, 5.74) is -0.719. The number of hydrogen-bond donors (Lipinski definition) is 1. The van der Waals surface area contributed by atoms with Gasteiger partial charge in [0.05, 0.1) is 29.2 Å². The van der Waals surface area contributed by atoms with E-state index in [4.69, 9.17) is 16.3 Å². The van der Waals surface area contributed by atoms with Crippen molar-refractivity contribution < 1.29 is 40.3 Å². The van der Waals surface area contributed by atoms with Gasteiger partial charge >= 0.3 is 12.4 Å². The van der Waals surface area contributed by atoms with Gasteiger partial charge in [-0.2, -0.15) is 26.3 Å². The van der Waals surface area contributed by atoms with E-state index in [1.54, 1.807) is 0 Å². The molecule has 0 radical (unpaired) electrons. The molecule has 1 unspecified atom stereocenters. The molecule has 2 aromatic rings. The standard InChI is InChI=1S/C22H20ClF7N2O2/c23-17-5-4-16(10-18(17)24)31-20(33)9-15(22(28,29)30)11-32-6-7-34-19(12-32)13-2-1-3-14(8-13)21(25,26)27/h1-5,8,10,15,19H,6-7,9,11-12H2,(H,31,33)/t15?,19-/m1/s1. The Bertz CT molecular complexity index is 1010. The van der Waals surface area contributed by atoms with E-state index < -0.39 is 54.6 Å². The van der Waals surface area contributed by atoms with Crippen molar-refractivity contribution >= 4 is 23.2 Å². The van der Waals surface area contributed by atoms with Crippen molar-refractivity contribution in [3.63, 3.8) is 0 Å². The second kappa shape index (κ2) is 10.5. The molecule has 2 atom stereocenters. The maximum atomic E-state index is 13.7. The summed E-state index contributed by atoms with van der Waals surface area (Å²) < 4.78 is 99.0. The van der Waals surface area contributed by atoms with Crippen LogP contribution in [0.5, 0.6) is 0 Å². The number of alkyl halides is 6. The van der Waals surface area contributed by atoms with Crippen molar-refractivity contribution in [1.82, 2.24) is 4.90 Å². The number of anilines is 1. The molecule has 3 rings (SSSR count). The zero-order valence-electron chi connectivity index (χ0n) is 17.5. The molecule has 34 heavy (non-hydrogen) atoms. The minimum absolute atomic E-state index is 0.0156. The summed E-state index contributed by atoms with van der Waals surface area (Å²) in [5.74, 6) is -3.85. The molecule has 12 heteroatoms. The van der Waals surface area contributed by atoms with Gasteiger partial charge in [0.2, 0.25) is 5.91 Å². The Labute approximate surface area is 195 Å². The van der Waals surface area contributed by atoms with Gasteiger partial charge in [-0.25, -0.2) is 4.39 Å². The van der Waals surface area contributed by atoms with Gasteiger partial charge in [0.25, 0.3) is 0 Å². The first-order valence-corrected chi connectivity index (χ1v) is 10.5. The van der Waals surface area contributed by atoms with E-state index in [1.165, 1.54) is 23.1 Å². The molecule has 0 spiro atoms. The van der Waals surface area contributed by atoms with Crippen LogP contribution in [0.2, 0.25) is 5.02 Å². The lowest BCUT2D eigenvalue weighted by atomic mass is 10.0. The molecule has 1 heterocycles. The van der Waals surface area contributed by atoms with Crippen LogP contribution in [0.15, 0.2) is 42.5 Å². The summed E-state index contributed by atoms with van der Waals surface area (Å²) in [6.45, 7) is -0.490. The Morgan fingerprint density at radius 1 is 1.15 bits per heavy atom. The van der Waals surface area contributed by atoms with E-state index in [1.807, 2.05) is 0 Å². The number of rotatable bonds is 6. The molecule has 0 aromatic heterocycles. The van der Waals surface area contributed by atoms with E-state index in [0.29, 0.717) is 0 Å². The van der Waals surface area contributed by atoms with Crippen LogP contribution < -0.4 is 5.32 Å². The fourth-order valence-corrected chi connectivity index (χ4v) is 3.71. The first-order valence-electron chi connectivity index (χ1n) is 10.2. The van der Waals surface area contributed by atoms with Crippen LogP contribution in [-0.2, 0) is 15.7 Å². The average molecular weight is 513 g/mol. The number of nitrogens with zero attached hydrogens (tertiary/aromatic N) is 1. The molecule has 0 aliphatic carbocycles. The van der Waals surface area contributed by atoms with Crippen LogP contribution >= 0.6 is 11.6 Å². The highest BCUT2D eigenvalue weighted by Gasteiger charge is 2.42. The van der Waals surface area contributed by atoms with Crippen LogP contribution in [-0.4, -0.2) is 43.2 Å². The van der Waals surface area contributed by atoms with Crippen LogP contribution in [0, 0.1) is 11.7 Å². The Balaban J connectivity index is 1.66. The van der Waals surface area contributed by atoms with E-state index in [9.17, 15) is 35.5 Å². The van der Waals surface area contributed by atoms with Crippen molar-refractivity contribution in [2.75, 3.05) is 31.6 Å². The van der Waals surface area contributed by atoms with Gasteiger partial charge in [0, 0.05) is 31.7 Å². The monoisotopic (exact) mass is 512 g/mol. The number of carbonyl (C=O) groups excluding carboxylic acids is 1.